The Morgan fingerprint density at radius 2 is 2.00 bits per heavy atom. The maximum Gasteiger partial charge on any atom is 0.148 e. The quantitative estimate of drug-likeness (QED) is 0.666. The molecule has 1 aromatic rings. The van der Waals surface area contributed by atoms with Crippen LogP contribution >= 0.6 is 0 Å². The van der Waals surface area contributed by atoms with E-state index in [-0.39, 0.29) is 5.92 Å². The fourth-order valence-corrected chi connectivity index (χ4v) is 2.35. The van der Waals surface area contributed by atoms with Crippen molar-refractivity contribution in [1.82, 2.24) is 0 Å². The SMILES string of the molecule is C=CC1CC(C#N)(C#N)Cc2ccccc21. The van der Waals surface area contributed by atoms with Gasteiger partial charge < -0.3 is 0 Å². The van der Waals surface area contributed by atoms with E-state index in [1.165, 1.54) is 5.56 Å². The zero-order chi connectivity index (χ0) is 11.6. The highest BCUT2D eigenvalue weighted by atomic mass is 14.5. The Morgan fingerprint density at radius 1 is 1.31 bits per heavy atom. The van der Waals surface area contributed by atoms with Gasteiger partial charge in [-0.25, -0.2) is 0 Å². The standard InChI is InChI=1S/C14H12N2/c1-2-11-7-14(9-15,10-16)8-12-5-3-4-6-13(11)12/h2-6,11H,1,7-8H2. The van der Waals surface area contributed by atoms with E-state index in [1.807, 2.05) is 24.3 Å². The van der Waals surface area contributed by atoms with Crippen LogP contribution in [0.25, 0.3) is 0 Å². The summed E-state index contributed by atoms with van der Waals surface area (Å²) in [6, 6.07) is 12.3. The van der Waals surface area contributed by atoms with Crippen molar-refractivity contribution in [3.8, 4) is 12.1 Å². The molecule has 1 aliphatic carbocycles. The highest BCUT2D eigenvalue weighted by Crippen LogP contribution is 2.42. The predicted octanol–water partition coefficient (Wildman–Crippen LogP) is 2.94. The molecule has 16 heavy (non-hydrogen) atoms. The number of allylic oxidation sites excluding steroid dienone is 1. The molecule has 0 aliphatic heterocycles. The van der Waals surface area contributed by atoms with Crippen molar-refractivity contribution < 1.29 is 0 Å². The normalized spacial score (nSPS) is 21.2. The molecular weight excluding hydrogens is 196 g/mol. The molecule has 0 heterocycles. The maximum absolute atomic E-state index is 9.17. The molecule has 0 saturated heterocycles. The van der Waals surface area contributed by atoms with Gasteiger partial charge in [-0.2, -0.15) is 10.5 Å². The van der Waals surface area contributed by atoms with E-state index in [0.717, 1.165) is 5.56 Å². The topological polar surface area (TPSA) is 47.6 Å². The van der Waals surface area contributed by atoms with Gasteiger partial charge in [-0.3, -0.25) is 0 Å². The van der Waals surface area contributed by atoms with E-state index in [1.54, 1.807) is 0 Å². The summed E-state index contributed by atoms with van der Waals surface area (Å²) in [6.07, 6.45) is 2.92. The van der Waals surface area contributed by atoms with Crippen molar-refractivity contribution in [3.63, 3.8) is 0 Å². The van der Waals surface area contributed by atoms with Crippen LogP contribution < -0.4 is 0 Å². The second kappa shape index (κ2) is 3.83. The molecular formula is C14H12N2. The summed E-state index contributed by atoms with van der Waals surface area (Å²) in [5.74, 6) is 0.115. The van der Waals surface area contributed by atoms with Crippen molar-refractivity contribution in [2.24, 2.45) is 5.41 Å². The van der Waals surface area contributed by atoms with Crippen LogP contribution in [0.15, 0.2) is 36.9 Å². The lowest BCUT2D eigenvalue weighted by molar-refractivity contribution is 0.422. The van der Waals surface area contributed by atoms with Gasteiger partial charge in [0.25, 0.3) is 0 Å². The second-order valence-corrected chi connectivity index (χ2v) is 4.23. The minimum absolute atomic E-state index is 0.115. The largest absolute Gasteiger partial charge is 0.197 e. The smallest absolute Gasteiger partial charge is 0.148 e. The van der Waals surface area contributed by atoms with Crippen LogP contribution in [0.2, 0.25) is 0 Å². The lowest BCUT2D eigenvalue weighted by atomic mass is 9.68. The van der Waals surface area contributed by atoms with Crippen molar-refractivity contribution >= 4 is 0 Å². The number of hydrogen-bond donors (Lipinski definition) is 0. The fourth-order valence-electron chi connectivity index (χ4n) is 2.35. The number of benzene rings is 1. The minimum atomic E-state index is -0.882. The molecule has 0 spiro atoms. The van der Waals surface area contributed by atoms with E-state index >= 15 is 0 Å². The van der Waals surface area contributed by atoms with Gasteiger partial charge in [-0.15, -0.1) is 6.58 Å². The zero-order valence-electron chi connectivity index (χ0n) is 8.98. The molecule has 1 atom stereocenters. The summed E-state index contributed by atoms with van der Waals surface area (Å²) in [5.41, 5.74) is 1.42. The summed E-state index contributed by atoms with van der Waals surface area (Å²) in [7, 11) is 0. The molecule has 0 aromatic heterocycles. The predicted molar refractivity (Wildman–Crippen MR) is 61.4 cm³/mol. The van der Waals surface area contributed by atoms with Gasteiger partial charge in [0.05, 0.1) is 12.1 Å². The molecule has 1 aromatic carbocycles. The molecule has 2 nitrogen and oxygen atoms in total. The Bertz CT molecular complexity index is 488. The molecule has 0 bridgehead atoms. The zero-order valence-corrected chi connectivity index (χ0v) is 8.98. The first-order valence-electron chi connectivity index (χ1n) is 5.27. The van der Waals surface area contributed by atoms with E-state index in [9.17, 15) is 10.5 Å². The number of nitrogens with zero attached hydrogens (tertiary/aromatic N) is 2. The van der Waals surface area contributed by atoms with Crippen molar-refractivity contribution in [2.45, 2.75) is 18.8 Å². The molecule has 0 radical (unpaired) electrons. The number of nitriles is 2. The van der Waals surface area contributed by atoms with Crippen LogP contribution in [0.1, 0.15) is 23.5 Å². The molecule has 0 saturated carbocycles. The molecule has 78 valence electrons. The minimum Gasteiger partial charge on any atom is -0.197 e. The van der Waals surface area contributed by atoms with E-state index in [4.69, 9.17) is 0 Å². The van der Waals surface area contributed by atoms with Crippen LogP contribution in [0, 0.1) is 28.1 Å². The van der Waals surface area contributed by atoms with Crippen molar-refractivity contribution in [2.75, 3.05) is 0 Å². The third-order valence-corrected chi connectivity index (χ3v) is 3.23. The van der Waals surface area contributed by atoms with Crippen LogP contribution in [-0.2, 0) is 6.42 Å². The van der Waals surface area contributed by atoms with Crippen LogP contribution in [0.5, 0.6) is 0 Å². The number of fused-ring (bicyclic) bond motifs is 1. The van der Waals surface area contributed by atoms with Gasteiger partial charge in [-0.1, -0.05) is 30.3 Å². The number of hydrogen-bond acceptors (Lipinski definition) is 2. The fraction of sp³-hybridized carbons (Fsp3) is 0.286. The monoisotopic (exact) mass is 208 g/mol. The molecule has 2 heteroatoms. The molecule has 0 N–H and O–H groups in total. The Kier molecular flexibility index (Phi) is 2.50. The molecule has 1 aliphatic rings. The van der Waals surface area contributed by atoms with Crippen LogP contribution in [0.3, 0.4) is 0 Å². The first-order chi connectivity index (χ1) is 7.74. The van der Waals surface area contributed by atoms with Crippen LogP contribution in [0.4, 0.5) is 0 Å². The van der Waals surface area contributed by atoms with E-state index < -0.39 is 5.41 Å². The van der Waals surface area contributed by atoms with Gasteiger partial charge in [0.15, 0.2) is 0 Å². The van der Waals surface area contributed by atoms with E-state index in [0.29, 0.717) is 12.8 Å². The highest BCUT2D eigenvalue weighted by Gasteiger charge is 2.38. The van der Waals surface area contributed by atoms with Gasteiger partial charge in [0.2, 0.25) is 0 Å². The van der Waals surface area contributed by atoms with Crippen molar-refractivity contribution in [1.29, 1.82) is 10.5 Å². The highest BCUT2D eigenvalue weighted by molar-refractivity contribution is 5.40. The molecule has 0 amide bonds. The first-order valence-corrected chi connectivity index (χ1v) is 5.27. The maximum atomic E-state index is 9.17. The Morgan fingerprint density at radius 3 is 2.62 bits per heavy atom. The van der Waals surface area contributed by atoms with Gasteiger partial charge in [-0.05, 0) is 17.5 Å². The first kappa shape index (κ1) is 10.5. The summed E-state index contributed by atoms with van der Waals surface area (Å²) in [5, 5.41) is 18.3. The Labute approximate surface area is 95.4 Å². The van der Waals surface area contributed by atoms with Gasteiger partial charge >= 0.3 is 0 Å². The summed E-state index contributed by atoms with van der Waals surface area (Å²) < 4.78 is 0. The molecule has 1 unspecified atom stereocenters. The van der Waals surface area contributed by atoms with E-state index in [2.05, 4.69) is 24.8 Å². The lowest BCUT2D eigenvalue weighted by Crippen LogP contribution is -2.27. The third kappa shape index (κ3) is 1.49. The Balaban J connectivity index is 2.52. The third-order valence-electron chi connectivity index (χ3n) is 3.23. The molecule has 0 fully saturated rings. The van der Waals surface area contributed by atoms with Crippen molar-refractivity contribution in [3.05, 3.63) is 48.0 Å². The summed E-state index contributed by atoms with van der Waals surface area (Å²) in [4.78, 5) is 0. The van der Waals surface area contributed by atoms with Crippen LogP contribution in [-0.4, -0.2) is 0 Å². The second-order valence-electron chi connectivity index (χ2n) is 4.23. The van der Waals surface area contributed by atoms with Gasteiger partial charge in [0, 0.05) is 12.3 Å². The Hall–Kier alpha value is -2.06. The number of rotatable bonds is 1. The average Bonchev–Trinajstić information content (AvgIpc) is 2.37. The van der Waals surface area contributed by atoms with Gasteiger partial charge in [0.1, 0.15) is 5.41 Å². The summed E-state index contributed by atoms with van der Waals surface area (Å²) >= 11 is 0. The average molecular weight is 208 g/mol. The molecule has 2 rings (SSSR count). The summed E-state index contributed by atoms with van der Waals surface area (Å²) in [6.45, 7) is 3.80. The lowest BCUT2D eigenvalue weighted by Gasteiger charge is -2.31.